The molecule has 4 N–H and O–H groups in total. The molecule has 1 unspecified atom stereocenters. The fourth-order valence-electron chi connectivity index (χ4n) is 5.46. The number of Topliss-reactive ketones (excluding diaryl/α,β-unsaturated/α-hetero) is 1. The van der Waals surface area contributed by atoms with Crippen LogP contribution in [0.4, 0.5) is 4.79 Å². The number of nitrogens with one attached hydrogen (secondary N) is 4. The zero-order chi connectivity index (χ0) is 30.6. The second-order valence-corrected chi connectivity index (χ2v) is 13.6. The van der Waals surface area contributed by atoms with Gasteiger partial charge in [-0.3, -0.25) is 19.2 Å². The summed E-state index contributed by atoms with van der Waals surface area (Å²) in [5.74, 6) is -2.32. The van der Waals surface area contributed by atoms with Crippen LogP contribution >= 0.6 is 0 Å². The first-order valence-corrected chi connectivity index (χ1v) is 14.1. The minimum absolute atomic E-state index is 0.0980. The number of hydrogen-bond donors (Lipinski definition) is 4. The topological polar surface area (TPSA) is 137 Å². The third kappa shape index (κ3) is 7.95. The Labute approximate surface area is 239 Å². The lowest BCUT2D eigenvalue weighted by Crippen LogP contribution is -2.62. The van der Waals surface area contributed by atoms with Gasteiger partial charge in [0, 0.05) is 18.6 Å². The maximum atomic E-state index is 14.0. The zero-order valence-corrected chi connectivity index (χ0v) is 25.6. The summed E-state index contributed by atoms with van der Waals surface area (Å²) in [6, 6.07) is -3.23. The number of likely N-dealkylation sites (tertiary alicyclic amines) is 1. The van der Waals surface area contributed by atoms with Crippen LogP contribution < -0.4 is 21.3 Å². The van der Waals surface area contributed by atoms with Gasteiger partial charge in [0.2, 0.25) is 17.6 Å². The number of allylic oxidation sites excluding steroid dienone is 2. The third-order valence-corrected chi connectivity index (χ3v) is 7.77. The van der Waals surface area contributed by atoms with E-state index >= 15 is 0 Å². The molecule has 0 bridgehead atoms. The standard InChI is InChI=1S/C30H49N5O5/c1-11-13-15-19(22(36)25(38)31-16-14-12-2)32-24(37)21-20-18(30(20,9)10)17-35(21)26(39)23(28(3,4)5)33-27(40)34-29(6,7)8/h11-12,14,18-21,23H,1,13,15-17H2,2-10H3,(H,31,38)(H,32,37)(H2,33,34,40)/b14-12+/t18-,19?,20-,21-,23+/m0/s1. The molecule has 0 aromatic rings. The molecule has 2 rings (SSSR count). The molecule has 5 amide bonds. The van der Waals surface area contributed by atoms with Crippen molar-refractivity contribution >= 4 is 29.5 Å². The van der Waals surface area contributed by atoms with Crippen molar-refractivity contribution in [3.8, 4) is 0 Å². The van der Waals surface area contributed by atoms with E-state index < -0.39 is 52.7 Å². The van der Waals surface area contributed by atoms with Crippen molar-refractivity contribution in [1.29, 1.82) is 0 Å². The summed E-state index contributed by atoms with van der Waals surface area (Å²) in [5.41, 5.74) is -1.29. The highest BCUT2D eigenvalue weighted by Gasteiger charge is 2.69. The fraction of sp³-hybridized carbons (Fsp3) is 0.700. The first kappa shape index (κ1) is 33.0. The molecule has 1 aliphatic heterocycles. The Hall–Kier alpha value is -3.17. The van der Waals surface area contributed by atoms with E-state index in [-0.39, 0.29) is 36.1 Å². The molecular formula is C30H49N5O5. The van der Waals surface area contributed by atoms with Crippen LogP contribution in [0.25, 0.3) is 0 Å². The quantitative estimate of drug-likeness (QED) is 0.228. The summed E-state index contributed by atoms with van der Waals surface area (Å²) in [4.78, 5) is 67.6. The lowest BCUT2D eigenvalue weighted by molar-refractivity contribution is -0.145. The summed E-state index contributed by atoms with van der Waals surface area (Å²) < 4.78 is 0. The van der Waals surface area contributed by atoms with Crippen LogP contribution in [0, 0.1) is 22.7 Å². The molecule has 2 fully saturated rings. The van der Waals surface area contributed by atoms with Crippen LogP contribution in [-0.4, -0.2) is 71.2 Å². The molecule has 10 heteroatoms. The predicted octanol–water partition coefficient (Wildman–Crippen LogP) is 2.69. The lowest BCUT2D eigenvalue weighted by atomic mass is 9.85. The van der Waals surface area contributed by atoms with Gasteiger partial charge in [-0.25, -0.2) is 4.79 Å². The Bertz CT molecular complexity index is 1040. The third-order valence-electron chi connectivity index (χ3n) is 7.77. The van der Waals surface area contributed by atoms with Gasteiger partial charge in [-0.1, -0.05) is 52.8 Å². The molecule has 2 aliphatic rings. The molecule has 10 nitrogen and oxygen atoms in total. The minimum Gasteiger partial charge on any atom is -0.346 e. The molecule has 0 spiro atoms. The summed E-state index contributed by atoms with van der Waals surface area (Å²) in [6.07, 6.45) is 5.72. The Morgan fingerprint density at radius 1 is 1.05 bits per heavy atom. The maximum Gasteiger partial charge on any atom is 0.315 e. The van der Waals surface area contributed by atoms with Crippen LogP contribution in [-0.2, 0) is 19.2 Å². The van der Waals surface area contributed by atoms with Crippen molar-refractivity contribution in [2.75, 3.05) is 13.1 Å². The Balaban J connectivity index is 2.31. The highest BCUT2D eigenvalue weighted by atomic mass is 16.2. The minimum atomic E-state index is -1.05. The Kier molecular flexibility index (Phi) is 10.4. The first-order chi connectivity index (χ1) is 18.4. The van der Waals surface area contributed by atoms with Crippen LogP contribution in [0.3, 0.4) is 0 Å². The van der Waals surface area contributed by atoms with Crippen molar-refractivity contribution in [3.63, 3.8) is 0 Å². The molecule has 40 heavy (non-hydrogen) atoms. The van der Waals surface area contributed by atoms with Crippen molar-refractivity contribution in [1.82, 2.24) is 26.2 Å². The number of fused-ring (bicyclic) bond motifs is 1. The summed E-state index contributed by atoms with van der Waals surface area (Å²) >= 11 is 0. The van der Waals surface area contributed by atoms with E-state index in [1.54, 1.807) is 30.1 Å². The van der Waals surface area contributed by atoms with Gasteiger partial charge in [0.15, 0.2) is 0 Å². The molecule has 0 aromatic carbocycles. The van der Waals surface area contributed by atoms with Crippen LogP contribution in [0.15, 0.2) is 24.8 Å². The van der Waals surface area contributed by atoms with Gasteiger partial charge in [-0.15, -0.1) is 6.58 Å². The summed E-state index contributed by atoms with van der Waals surface area (Å²) in [6.45, 7) is 21.3. The van der Waals surface area contributed by atoms with Gasteiger partial charge in [-0.05, 0) is 63.2 Å². The second-order valence-electron chi connectivity index (χ2n) is 13.6. The number of hydrogen-bond acceptors (Lipinski definition) is 5. The van der Waals surface area contributed by atoms with Crippen molar-refractivity contribution in [2.24, 2.45) is 22.7 Å². The summed E-state index contributed by atoms with van der Waals surface area (Å²) in [7, 11) is 0. The van der Waals surface area contributed by atoms with Gasteiger partial charge in [0.1, 0.15) is 12.1 Å². The molecule has 1 heterocycles. The van der Waals surface area contributed by atoms with Gasteiger partial charge in [-0.2, -0.15) is 0 Å². The van der Waals surface area contributed by atoms with E-state index in [1.165, 1.54) is 0 Å². The lowest BCUT2D eigenvalue weighted by Gasteiger charge is -2.38. The Morgan fingerprint density at radius 2 is 1.68 bits per heavy atom. The highest BCUT2D eigenvalue weighted by Crippen LogP contribution is 2.65. The summed E-state index contributed by atoms with van der Waals surface area (Å²) in [5, 5.41) is 11.0. The number of piperidine rings is 1. The fourth-order valence-corrected chi connectivity index (χ4v) is 5.46. The highest BCUT2D eigenvalue weighted by molar-refractivity contribution is 6.38. The number of ketones is 1. The van der Waals surface area contributed by atoms with Gasteiger partial charge >= 0.3 is 6.03 Å². The molecule has 0 aromatic heterocycles. The van der Waals surface area contributed by atoms with Crippen LogP contribution in [0.5, 0.6) is 0 Å². The average molecular weight is 560 g/mol. The number of amides is 5. The van der Waals surface area contributed by atoms with Crippen LogP contribution in [0.1, 0.15) is 75.2 Å². The number of nitrogens with zero attached hydrogens (tertiary/aromatic N) is 1. The molecule has 1 saturated heterocycles. The SMILES string of the molecule is C=CCCC(NC(=O)[C@@H]1[C@@H]2[C@H](CN1C(=O)[C@@H](NC(=O)NC(C)(C)C)C(C)(C)C)C2(C)C)C(=O)C(=O)NC/C=C/C. The van der Waals surface area contributed by atoms with E-state index in [4.69, 9.17) is 0 Å². The van der Waals surface area contributed by atoms with E-state index in [0.717, 1.165) is 0 Å². The molecular weight excluding hydrogens is 510 g/mol. The molecule has 5 atom stereocenters. The number of carbonyl (C=O) groups excluding carboxylic acids is 5. The van der Waals surface area contributed by atoms with Crippen molar-refractivity contribution < 1.29 is 24.0 Å². The normalized spacial score (nSPS) is 23.0. The molecule has 224 valence electrons. The van der Waals surface area contributed by atoms with E-state index in [0.29, 0.717) is 13.0 Å². The van der Waals surface area contributed by atoms with Crippen molar-refractivity contribution in [3.05, 3.63) is 24.8 Å². The van der Waals surface area contributed by atoms with E-state index in [1.807, 2.05) is 41.5 Å². The Morgan fingerprint density at radius 3 is 2.20 bits per heavy atom. The maximum absolute atomic E-state index is 14.0. The number of urea groups is 1. The van der Waals surface area contributed by atoms with Gasteiger partial charge < -0.3 is 26.2 Å². The monoisotopic (exact) mass is 559 g/mol. The van der Waals surface area contributed by atoms with Gasteiger partial charge in [0.25, 0.3) is 5.91 Å². The molecule has 0 radical (unpaired) electrons. The van der Waals surface area contributed by atoms with Crippen molar-refractivity contribution in [2.45, 2.75) is 98.8 Å². The van der Waals surface area contributed by atoms with E-state index in [9.17, 15) is 24.0 Å². The average Bonchev–Trinajstić information content (AvgIpc) is 3.15. The molecule has 1 saturated carbocycles. The van der Waals surface area contributed by atoms with E-state index in [2.05, 4.69) is 41.7 Å². The number of rotatable bonds is 11. The smallest absolute Gasteiger partial charge is 0.315 e. The van der Waals surface area contributed by atoms with Crippen LogP contribution in [0.2, 0.25) is 0 Å². The largest absolute Gasteiger partial charge is 0.346 e. The van der Waals surface area contributed by atoms with Gasteiger partial charge in [0.05, 0.1) is 6.04 Å². The first-order valence-electron chi connectivity index (χ1n) is 14.1. The molecule has 1 aliphatic carbocycles. The second kappa shape index (κ2) is 12.6. The predicted molar refractivity (Wildman–Crippen MR) is 155 cm³/mol. The number of carbonyl (C=O) groups is 5. The zero-order valence-electron chi connectivity index (χ0n) is 25.6.